The van der Waals surface area contributed by atoms with Crippen molar-refractivity contribution < 1.29 is 8.42 Å². The first-order valence-electron chi connectivity index (χ1n) is 8.82. The lowest BCUT2D eigenvalue weighted by molar-refractivity contribution is 0.477. The van der Waals surface area contributed by atoms with Gasteiger partial charge in [0.1, 0.15) is 4.21 Å². The smallest absolute Gasteiger partial charge is 0.264 e. The molecule has 2 fully saturated rings. The van der Waals surface area contributed by atoms with E-state index in [9.17, 15) is 8.42 Å². The van der Waals surface area contributed by atoms with Crippen molar-refractivity contribution in [3.63, 3.8) is 0 Å². The van der Waals surface area contributed by atoms with Gasteiger partial charge in [0.05, 0.1) is 5.69 Å². The zero-order valence-corrected chi connectivity index (χ0v) is 15.2. The molecule has 2 saturated carbocycles. The second-order valence-electron chi connectivity index (χ2n) is 7.45. The lowest BCUT2D eigenvalue weighted by atomic mass is 9.81. The van der Waals surface area contributed by atoms with E-state index >= 15 is 0 Å². The van der Waals surface area contributed by atoms with Gasteiger partial charge in [-0.3, -0.25) is 4.31 Å². The van der Waals surface area contributed by atoms with Gasteiger partial charge in [0, 0.05) is 16.8 Å². The molecule has 0 saturated heterocycles. The van der Waals surface area contributed by atoms with Crippen LogP contribution in [-0.4, -0.2) is 15.0 Å². The van der Waals surface area contributed by atoms with Gasteiger partial charge in [-0.25, -0.2) is 8.42 Å². The molecule has 2 aromatic rings. The van der Waals surface area contributed by atoms with Gasteiger partial charge in [-0.15, -0.1) is 11.3 Å². The Morgan fingerprint density at radius 1 is 1.04 bits per heavy atom. The molecule has 3 nitrogen and oxygen atoms in total. The van der Waals surface area contributed by atoms with Gasteiger partial charge in [0.2, 0.25) is 0 Å². The normalized spacial score (nSPS) is 22.2. The van der Waals surface area contributed by atoms with E-state index < -0.39 is 10.0 Å². The van der Waals surface area contributed by atoms with Gasteiger partial charge >= 0.3 is 0 Å². The van der Waals surface area contributed by atoms with Crippen LogP contribution in [0.3, 0.4) is 0 Å². The molecule has 5 heteroatoms. The van der Waals surface area contributed by atoms with E-state index in [1.54, 1.807) is 4.31 Å². The summed E-state index contributed by atoms with van der Waals surface area (Å²) in [6, 6.07) is 12.0. The minimum atomic E-state index is -3.45. The molecular weight excluding hydrogens is 338 g/mol. The summed E-state index contributed by atoms with van der Waals surface area (Å²) in [5.74, 6) is 0.603. The molecule has 1 aliphatic heterocycles. The molecule has 2 heterocycles. The highest BCUT2D eigenvalue weighted by Crippen LogP contribution is 2.52. The minimum absolute atomic E-state index is 0.0419. The largest absolute Gasteiger partial charge is 0.273 e. The Labute approximate surface area is 147 Å². The van der Waals surface area contributed by atoms with Crippen LogP contribution >= 0.6 is 11.3 Å². The van der Waals surface area contributed by atoms with E-state index in [2.05, 4.69) is 6.07 Å². The van der Waals surface area contributed by atoms with Gasteiger partial charge in [0.15, 0.2) is 0 Å². The van der Waals surface area contributed by atoms with Gasteiger partial charge in [0.25, 0.3) is 10.0 Å². The zero-order chi connectivity index (χ0) is 16.4. The SMILES string of the molecule is O=S(=O)(c1ccc(C2CC2)s1)N1CC2(CCCC2)c2ccccc21. The average Bonchev–Trinajstić information content (AvgIpc) is 3.04. The molecular formula is C19H21NO2S2. The first-order chi connectivity index (χ1) is 11.6. The summed E-state index contributed by atoms with van der Waals surface area (Å²) in [5.41, 5.74) is 2.19. The van der Waals surface area contributed by atoms with Crippen LogP contribution in [0, 0.1) is 0 Å². The number of para-hydroxylation sites is 1. The predicted octanol–water partition coefficient (Wildman–Crippen LogP) is 4.65. The van der Waals surface area contributed by atoms with Crippen molar-refractivity contribution >= 4 is 27.0 Å². The fourth-order valence-electron chi connectivity index (χ4n) is 4.45. The maximum absolute atomic E-state index is 13.3. The summed E-state index contributed by atoms with van der Waals surface area (Å²) < 4.78 is 28.9. The molecule has 0 atom stereocenters. The summed E-state index contributed by atoms with van der Waals surface area (Å²) in [4.78, 5) is 1.23. The Morgan fingerprint density at radius 3 is 2.54 bits per heavy atom. The highest BCUT2D eigenvalue weighted by Gasteiger charge is 2.48. The Balaban J connectivity index is 1.58. The molecule has 0 bridgehead atoms. The minimum Gasteiger partial charge on any atom is -0.264 e. The third-order valence-corrected chi connectivity index (χ3v) is 9.35. The summed E-state index contributed by atoms with van der Waals surface area (Å²) in [6.45, 7) is 0.616. The van der Waals surface area contributed by atoms with Crippen molar-refractivity contribution in [2.45, 2.75) is 54.1 Å². The van der Waals surface area contributed by atoms with Crippen LogP contribution in [0.4, 0.5) is 5.69 Å². The number of sulfonamides is 1. The first-order valence-corrected chi connectivity index (χ1v) is 11.1. The van der Waals surface area contributed by atoms with Crippen LogP contribution in [0.5, 0.6) is 0 Å². The number of thiophene rings is 1. The van der Waals surface area contributed by atoms with Crippen LogP contribution in [-0.2, 0) is 15.4 Å². The monoisotopic (exact) mass is 359 g/mol. The molecule has 1 aromatic carbocycles. The number of nitrogens with zero attached hydrogens (tertiary/aromatic N) is 1. The van der Waals surface area contributed by atoms with Crippen LogP contribution in [0.15, 0.2) is 40.6 Å². The molecule has 3 aliphatic rings. The topological polar surface area (TPSA) is 37.4 Å². The molecule has 2 aliphatic carbocycles. The third-order valence-electron chi connectivity index (χ3n) is 5.88. The quantitative estimate of drug-likeness (QED) is 0.800. The van der Waals surface area contributed by atoms with Crippen molar-refractivity contribution in [3.8, 4) is 0 Å². The van der Waals surface area contributed by atoms with E-state index in [0.717, 1.165) is 18.5 Å². The van der Waals surface area contributed by atoms with Gasteiger partial charge in [-0.2, -0.15) is 0 Å². The first kappa shape index (κ1) is 15.0. The molecule has 0 N–H and O–H groups in total. The maximum Gasteiger partial charge on any atom is 0.273 e. The van der Waals surface area contributed by atoms with Crippen molar-refractivity contribution in [1.82, 2.24) is 0 Å². The second-order valence-corrected chi connectivity index (χ2v) is 10.7. The second kappa shape index (κ2) is 5.09. The molecule has 24 heavy (non-hydrogen) atoms. The molecule has 0 radical (unpaired) electrons. The van der Waals surface area contributed by atoms with Gasteiger partial charge in [-0.05, 0) is 55.4 Å². The van der Waals surface area contributed by atoms with E-state index in [1.807, 2.05) is 30.3 Å². The molecule has 1 aromatic heterocycles. The fourth-order valence-corrected chi connectivity index (χ4v) is 7.63. The molecule has 126 valence electrons. The van der Waals surface area contributed by atoms with Crippen LogP contribution < -0.4 is 4.31 Å². The average molecular weight is 360 g/mol. The van der Waals surface area contributed by atoms with Crippen molar-refractivity contribution in [3.05, 3.63) is 46.8 Å². The molecule has 0 unspecified atom stereocenters. The molecule has 5 rings (SSSR count). The van der Waals surface area contributed by atoms with Crippen LogP contribution in [0.2, 0.25) is 0 Å². The van der Waals surface area contributed by atoms with Crippen molar-refractivity contribution in [2.24, 2.45) is 0 Å². The number of hydrogen-bond acceptors (Lipinski definition) is 3. The van der Waals surface area contributed by atoms with E-state index in [0.29, 0.717) is 16.7 Å². The van der Waals surface area contributed by atoms with Crippen molar-refractivity contribution in [1.29, 1.82) is 0 Å². The van der Waals surface area contributed by atoms with Gasteiger partial charge in [-0.1, -0.05) is 31.0 Å². The molecule has 0 amide bonds. The number of benzene rings is 1. The van der Waals surface area contributed by atoms with Crippen LogP contribution in [0.25, 0.3) is 0 Å². The number of hydrogen-bond donors (Lipinski definition) is 0. The number of fused-ring (bicyclic) bond motifs is 2. The van der Waals surface area contributed by atoms with E-state index in [1.165, 1.54) is 47.5 Å². The van der Waals surface area contributed by atoms with Gasteiger partial charge < -0.3 is 0 Å². The zero-order valence-electron chi connectivity index (χ0n) is 13.6. The summed E-state index contributed by atoms with van der Waals surface area (Å²) in [5, 5.41) is 0. The van der Waals surface area contributed by atoms with Crippen molar-refractivity contribution in [2.75, 3.05) is 10.8 Å². The van der Waals surface area contributed by atoms with E-state index in [4.69, 9.17) is 0 Å². The number of anilines is 1. The fraction of sp³-hybridized carbons (Fsp3) is 0.474. The highest BCUT2D eigenvalue weighted by atomic mass is 32.2. The predicted molar refractivity (Wildman–Crippen MR) is 97.4 cm³/mol. The molecule has 1 spiro atoms. The third kappa shape index (κ3) is 2.10. The highest BCUT2D eigenvalue weighted by molar-refractivity contribution is 7.94. The van der Waals surface area contributed by atoms with Crippen LogP contribution in [0.1, 0.15) is 54.9 Å². The Morgan fingerprint density at radius 2 is 1.79 bits per heavy atom. The maximum atomic E-state index is 13.3. The lowest BCUT2D eigenvalue weighted by Crippen LogP contribution is -2.35. The summed E-state index contributed by atoms with van der Waals surface area (Å²) >= 11 is 1.47. The standard InChI is InChI=1S/C19H21NO2S2/c21-24(22,18-10-9-17(23-18)14-7-8-14)20-13-19(11-3-4-12-19)15-5-1-2-6-16(15)20/h1-2,5-6,9-10,14H,3-4,7-8,11-13H2. The summed E-state index contributed by atoms with van der Waals surface area (Å²) in [7, 11) is -3.45. The lowest BCUT2D eigenvalue weighted by Gasteiger charge is -2.25. The Hall–Kier alpha value is -1.33. The Bertz CT molecular complexity index is 890. The number of rotatable bonds is 3. The van der Waals surface area contributed by atoms with E-state index in [-0.39, 0.29) is 5.41 Å². The summed E-state index contributed by atoms with van der Waals surface area (Å²) in [6.07, 6.45) is 7.02. The Kier molecular flexibility index (Phi) is 3.17.